The van der Waals surface area contributed by atoms with Gasteiger partial charge in [-0.05, 0) is 29.8 Å². The van der Waals surface area contributed by atoms with Crippen LogP contribution < -0.4 is 10.6 Å². The highest BCUT2D eigenvalue weighted by molar-refractivity contribution is 6.39. The molecule has 5 heteroatoms. The Labute approximate surface area is 116 Å². The molecule has 0 fully saturated rings. The molecule has 2 aromatic rings. The summed E-state index contributed by atoms with van der Waals surface area (Å²) < 4.78 is 0. The predicted octanol–water partition coefficient (Wildman–Crippen LogP) is 1.28. The van der Waals surface area contributed by atoms with Gasteiger partial charge < -0.3 is 15.7 Å². The molecule has 20 heavy (non-hydrogen) atoms. The van der Waals surface area contributed by atoms with Crippen LogP contribution >= 0.6 is 0 Å². The van der Waals surface area contributed by atoms with Crippen molar-refractivity contribution in [1.29, 1.82) is 0 Å². The first kappa shape index (κ1) is 14.0. The Hall–Kier alpha value is -2.40. The van der Waals surface area contributed by atoms with Crippen molar-refractivity contribution < 1.29 is 14.7 Å². The molecule has 104 valence electrons. The van der Waals surface area contributed by atoms with Crippen molar-refractivity contribution in [2.45, 2.75) is 13.0 Å². The third kappa shape index (κ3) is 3.55. The van der Waals surface area contributed by atoms with Crippen LogP contribution in [0.25, 0.3) is 10.8 Å². The number of nitrogens with one attached hydrogen (secondary N) is 2. The first-order valence-corrected chi connectivity index (χ1v) is 6.32. The normalized spacial score (nSPS) is 11.9. The van der Waals surface area contributed by atoms with E-state index in [9.17, 15) is 9.59 Å². The van der Waals surface area contributed by atoms with E-state index >= 15 is 0 Å². The van der Waals surface area contributed by atoms with Gasteiger partial charge in [-0.1, -0.05) is 30.3 Å². The van der Waals surface area contributed by atoms with E-state index in [4.69, 9.17) is 5.11 Å². The molecular weight excluding hydrogens is 256 g/mol. The maximum atomic E-state index is 11.7. The summed E-state index contributed by atoms with van der Waals surface area (Å²) in [7, 11) is 0. The Morgan fingerprint density at radius 1 is 1.10 bits per heavy atom. The minimum absolute atomic E-state index is 0.0456. The van der Waals surface area contributed by atoms with Crippen molar-refractivity contribution >= 4 is 28.3 Å². The van der Waals surface area contributed by atoms with Crippen LogP contribution in [0.4, 0.5) is 5.69 Å². The molecule has 0 saturated carbocycles. The zero-order valence-corrected chi connectivity index (χ0v) is 11.1. The molecule has 0 bridgehead atoms. The van der Waals surface area contributed by atoms with Crippen LogP contribution in [-0.4, -0.2) is 29.6 Å². The Bertz CT molecular complexity index is 638. The van der Waals surface area contributed by atoms with E-state index in [2.05, 4.69) is 10.6 Å². The summed E-state index contributed by atoms with van der Waals surface area (Å²) in [5, 5.41) is 15.9. The van der Waals surface area contributed by atoms with Gasteiger partial charge in [0.25, 0.3) is 0 Å². The van der Waals surface area contributed by atoms with Crippen molar-refractivity contribution in [1.82, 2.24) is 5.32 Å². The molecule has 2 amide bonds. The van der Waals surface area contributed by atoms with E-state index in [1.54, 1.807) is 12.1 Å². The van der Waals surface area contributed by atoms with Crippen LogP contribution in [0.1, 0.15) is 6.92 Å². The van der Waals surface area contributed by atoms with Gasteiger partial charge in [-0.3, -0.25) is 9.59 Å². The molecule has 0 heterocycles. The summed E-state index contributed by atoms with van der Waals surface area (Å²) in [6.45, 7) is 1.57. The zero-order valence-electron chi connectivity index (χ0n) is 11.1. The SMILES string of the molecule is CC(O)CNC(=O)C(=O)Nc1ccc2ccccc2c1. The number of hydrogen-bond donors (Lipinski definition) is 3. The third-order valence-corrected chi connectivity index (χ3v) is 2.77. The minimum atomic E-state index is -0.765. The van der Waals surface area contributed by atoms with E-state index in [0.29, 0.717) is 5.69 Å². The van der Waals surface area contributed by atoms with Gasteiger partial charge >= 0.3 is 11.8 Å². The van der Waals surface area contributed by atoms with Gasteiger partial charge in [0.05, 0.1) is 6.10 Å². The second-order valence-electron chi connectivity index (χ2n) is 4.58. The van der Waals surface area contributed by atoms with Crippen molar-refractivity contribution in [2.24, 2.45) is 0 Å². The molecule has 0 aliphatic carbocycles. The van der Waals surface area contributed by atoms with Crippen LogP contribution in [0, 0.1) is 0 Å². The Kier molecular flexibility index (Phi) is 4.32. The summed E-state index contributed by atoms with van der Waals surface area (Å²) in [6.07, 6.45) is -0.688. The molecule has 0 aliphatic rings. The first-order valence-electron chi connectivity index (χ1n) is 6.32. The molecule has 1 unspecified atom stereocenters. The van der Waals surface area contributed by atoms with E-state index in [0.717, 1.165) is 10.8 Å². The van der Waals surface area contributed by atoms with Gasteiger partial charge in [0, 0.05) is 12.2 Å². The Morgan fingerprint density at radius 3 is 2.50 bits per heavy atom. The topological polar surface area (TPSA) is 78.4 Å². The van der Waals surface area contributed by atoms with Crippen molar-refractivity contribution in [3.8, 4) is 0 Å². The number of rotatable bonds is 3. The number of aliphatic hydroxyl groups excluding tert-OH is 1. The number of anilines is 1. The van der Waals surface area contributed by atoms with Crippen LogP contribution in [0.15, 0.2) is 42.5 Å². The Morgan fingerprint density at radius 2 is 1.80 bits per heavy atom. The van der Waals surface area contributed by atoms with Gasteiger partial charge in [0.1, 0.15) is 0 Å². The smallest absolute Gasteiger partial charge is 0.313 e. The fraction of sp³-hybridized carbons (Fsp3) is 0.200. The van der Waals surface area contributed by atoms with Crippen LogP contribution in [-0.2, 0) is 9.59 Å². The molecule has 0 saturated heterocycles. The van der Waals surface area contributed by atoms with E-state index in [1.807, 2.05) is 30.3 Å². The molecule has 1 atom stereocenters. The summed E-state index contributed by atoms with van der Waals surface area (Å²) in [5.74, 6) is -1.51. The van der Waals surface area contributed by atoms with Gasteiger partial charge in [-0.25, -0.2) is 0 Å². The number of hydrogen-bond acceptors (Lipinski definition) is 3. The molecule has 2 rings (SSSR count). The van der Waals surface area contributed by atoms with Gasteiger partial charge in [-0.2, -0.15) is 0 Å². The molecule has 0 aromatic heterocycles. The van der Waals surface area contributed by atoms with Gasteiger partial charge in [0.2, 0.25) is 0 Å². The number of carbonyl (C=O) groups excluding carboxylic acids is 2. The lowest BCUT2D eigenvalue weighted by Gasteiger charge is -2.08. The summed E-state index contributed by atoms with van der Waals surface area (Å²) in [6, 6.07) is 13.2. The van der Waals surface area contributed by atoms with Gasteiger partial charge in [0.15, 0.2) is 0 Å². The highest BCUT2D eigenvalue weighted by Gasteiger charge is 2.13. The fourth-order valence-electron chi connectivity index (χ4n) is 1.78. The highest BCUT2D eigenvalue weighted by atomic mass is 16.3. The highest BCUT2D eigenvalue weighted by Crippen LogP contribution is 2.18. The maximum Gasteiger partial charge on any atom is 0.313 e. The summed E-state index contributed by atoms with van der Waals surface area (Å²) in [4.78, 5) is 23.1. The third-order valence-electron chi connectivity index (χ3n) is 2.77. The molecule has 5 nitrogen and oxygen atoms in total. The number of carbonyl (C=O) groups is 2. The van der Waals surface area contributed by atoms with E-state index in [-0.39, 0.29) is 6.54 Å². The standard InChI is InChI=1S/C15H16N2O3/c1-10(18)9-16-14(19)15(20)17-13-7-6-11-4-2-3-5-12(11)8-13/h2-8,10,18H,9H2,1H3,(H,16,19)(H,17,20). The molecule has 0 aliphatic heterocycles. The quantitative estimate of drug-likeness (QED) is 0.736. The lowest BCUT2D eigenvalue weighted by atomic mass is 10.1. The number of amides is 2. The van der Waals surface area contributed by atoms with Crippen molar-refractivity contribution in [3.05, 3.63) is 42.5 Å². The molecule has 2 aromatic carbocycles. The molecule has 0 radical (unpaired) electrons. The van der Waals surface area contributed by atoms with E-state index in [1.165, 1.54) is 6.92 Å². The second kappa shape index (κ2) is 6.16. The van der Waals surface area contributed by atoms with Crippen molar-refractivity contribution in [2.75, 3.05) is 11.9 Å². The number of benzene rings is 2. The van der Waals surface area contributed by atoms with Crippen LogP contribution in [0.5, 0.6) is 0 Å². The van der Waals surface area contributed by atoms with E-state index < -0.39 is 17.9 Å². The van der Waals surface area contributed by atoms with Crippen LogP contribution in [0.2, 0.25) is 0 Å². The predicted molar refractivity (Wildman–Crippen MR) is 77.3 cm³/mol. The lowest BCUT2D eigenvalue weighted by molar-refractivity contribution is -0.136. The lowest BCUT2D eigenvalue weighted by Crippen LogP contribution is -2.38. The van der Waals surface area contributed by atoms with Crippen LogP contribution in [0.3, 0.4) is 0 Å². The number of fused-ring (bicyclic) bond motifs is 1. The largest absolute Gasteiger partial charge is 0.392 e. The van der Waals surface area contributed by atoms with Gasteiger partial charge in [-0.15, -0.1) is 0 Å². The monoisotopic (exact) mass is 272 g/mol. The summed E-state index contributed by atoms with van der Waals surface area (Å²) >= 11 is 0. The average Bonchev–Trinajstić information content (AvgIpc) is 2.44. The summed E-state index contributed by atoms with van der Waals surface area (Å²) in [5.41, 5.74) is 0.556. The molecular formula is C15H16N2O3. The molecule has 3 N–H and O–H groups in total. The molecule has 0 spiro atoms. The zero-order chi connectivity index (χ0) is 14.5. The number of aliphatic hydroxyl groups is 1. The Balaban J connectivity index is 2.04. The minimum Gasteiger partial charge on any atom is -0.392 e. The van der Waals surface area contributed by atoms with Crippen molar-refractivity contribution in [3.63, 3.8) is 0 Å². The second-order valence-corrected chi connectivity index (χ2v) is 4.58. The average molecular weight is 272 g/mol. The maximum absolute atomic E-state index is 11.7. The first-order chi connectivity index (χ1) is 9.56. The fourth-order valence-corrected chi connectivity index (χ4v) is 1.78.